The van der Waals surface area contributed by atoms with E-state index in [4.69, 9.17) is 0 Å². The van der Waals surface area contributed by atoms with Gasteiger partial charge in [-0.05, 0) is 29.9 Å². The normalized spacial score (nSPS) is 21.3. The molecule has 0 saturated heterocycles. The zero-order valence-corrected chi connectivity index (χ0v) is 14.7. The van der Waals surface area contributed by atoms with E-state index in [1.165, 1.54) is 12.2 Å². The molecule has 6 heteroatoms. The smallest absolute Gasteiger partial charge is 0.273 e. The second kappa shape index (κ2) is 6.72. The first kappa shape index (κ1) is 17.8. The number of aliphatic hydroxyl groups excluding tert-OH is 1. The number of anilines is 1. The van der Waals surface area contributed by atoms with E-state index in [2.05, 4.69) is 19.9 Å². The van der Waals surface area contributed by atoms with Crippen LogP contribution in [-0.4, -0.2) is 29.0 Å². The van der Waals surface area contributed by atoms with E-state index >= 15 is 0 Å². The number of carbonyl (C=O) groups is 1. The molecular formula is C20H20N2O4. The van der Waals surface area contributed by atoms with Gasteiger partial charge in [0.2, 0.25) is 0 Å². The van der Waals surface area contributed by atoms with Gasteiger partial charge >= 0.3 is 0 Å². The number of benzene rings is 1. The fourth-order valence-electron chi connectivity index (χ4n) is 3.42. The maximum absolute atomic E-state index is 12.1. The molecule has 0 aromatic heterocycles. The van der Waals surface area contributed by atoms with Gasteiger partial charge in [0.25, 0.3) is 5.70 Å². The van der Waals surface area contributed by atoms with E-state index in [1.807, 2.05) is 29.2 Å². The summed E-state index contributed by atoms with van der Waals surface area (Å²) in [5.41, 5.74) is 3.04. The van der Waals surface area contributed by atoms with Crippen molar-refractivity contribution >= 4 is 11.5 Å². The van der Waals surface area contributed by atoms with Gasteiger partial charge in [-0.1, -0.05) is 32.0 Å². The Hall–Kier alpha value is -2.99. The number of rotatable bonds is 4. The molecule has 1 aliphatic heterocycles. The predicted octanol–water partition coefficient (Wildman–Crippen LogP) is 2.89. The average Bonchev–Trinajstić information content (AvgIpc) is 2.82. The lowest BCUT2D eigenvalue weighted by Crippen LogP contribution is -2.28. The summed E-state index contributed by atoms with van der Waals surface area (Å²) in [5.74, 6) is -0.391. The number of para-hydroxylation sites is 1. The molecule has 2 aliphatic rings. The van der Waals surface area contributed by atoms with Gasteiger partial charge in [0.1, 0.15) is 0 Å². The molecule has 1 heterocycles. The van der Waals surface area contributed by atoms with Gasteiger partial charge in [0.15, 0.2) is 5.78 Å². The van der Waals surface area contributed by atoms with Gasteiger partial charge in [-0.3, -0.25) is 14.9 Å². The van der Waals surface area contributed by atoms with Gasteiger partial charge in [-0.15, -0.1) is 0 Å². The van der Waals surface area contributed by atoms with E-state index in [1.54, 1.807) is 6.08 Å². The van der Waals surface area contributed by atoms with Crippen LogP contribution in [0.15, 0.2) is 71.6 Å². The minimum Gasteiger partial charge on any atom is -0.395 e. The second-order valence-electron chi connectivity index (χ2n) is 6.72. The summed E-state index contributed by atoms with van der Waals surface area (Å²) in [6, 6.07) is 8.01. The Bertz CT molecular complexity index is 891. The largest absolute Gasteiger partial charge is 0.395 e. The Labute approximate surface area is 151 Å². The van der Waals surface area contributed by atoms with Crippen LogP contribution >= 0.6 is 0 Å². The quantitative estimate of drug-likeness (QED) is 0.512. The first-order valence-corrected chi connectivity index (χ1v) is 8.35. The van der Waals surface area contributed by atoms with Crippen molar-refractivity contribution in [1.82, 2.24) is 0 Å². The van der Waals surface area contributed by atoms with Crippen LogP contribution in [0.4, 0.5) is 5.69 Å². The van der Waals surface area contributed by atoms with E-state index in [9.17, 15) is 20.0 Å². The van der Waals surface area contributed by atoms with Crippen LogP contribution < -0.4 is 4.90 Å². The fraction of sp³-hybridized carbons (Fsp3) is 0.250. The van der Waals surface area contributed by atoms with Crippen molar-refractivity contribution in [2.45, 2.75) is 19.3 Å². The molecule has 0 radical (unpaired) electrons. The lowest BCUT2D eigenvalue weighted by Gasteiger charge is -2.26. The molecule has 0 bridgehead atoms. The summed E-state index contributed by atoms with van der Waals surface area (Å²) in [4.78, 5) is 24.4. The molecule has 0 fully saturated rings. The summed E-state index contributed by atoms with van der Waals surface area (Å²) in [7, 11) is 0. The monoisotopic (exact) mass is 352 g/mol. The summed E-state index contributed by atoms with van der Waals surface area (Å²) in [6.07, 6.45) is 7.36. The maximum Gasteiger partial charge on any atom is 0.273 e. The van der Waals surface area contributed by atoms with Crippen LogP contribution in [0.25, 0.3) is 0 Å². The van der Waals surface area contributed by atoms with Crippen LogP contribution in [0.3, 0.4) is 0 Å². The second-order valence-corrected chi connectivity index (χ2v) is 6.72. The predicted molar refractivity (Wildman–Crippen MR) is 99.3 cm³/mol. The third-order valence-corrected chi connectivity index (χ3v) is 4.75. The standard InChI is InChI=1S/C20H20N2O4/c1-20(2)16-5-3-4-6-17(16)21(11-12-23)19(20)10-8-14-7-9-15(22(25)26)13-18(14)24/h3-10,13,23H,11-12H2,1-2H3/b14-8+,19-10?. The Morgan fingerprint density at radius 1 is 1.23 bits per heavy atom. The minimum atomic E-state index is -0.580. The SMILES string of the molecule is CC1(C)C(=C/C=C2\C=CC([N+](=O)[O-])=CC2=O)N(CCO)c2ccccc21. The van der Waals surface area contributed by atoms with Crippen LogP contribution in [0, 0.1) is 10.1 Å². The van der Waals surface area contributed by atoms with Gasteiger partial charge < -0.3 is 10.0 Å². The highest BCUT2D eigenvalue weighted by Gasteiger charge is 2.39. The van der Waals surface area contributed by atoms with Gasteiger partial charge in [0.05, 0.1) is 17.6 Å². The molecule has 6 nitrogen and oxygen atoms in total. The number of hydrogen-bond acceptors (Lipinski definition) is 5. The first-order chi connectivity index (χ1) is 12.4. The van der Waals surface area contributed by atoms with Crippen molar-refractivity contribution in [3.8, 4) is 0 Å². The van der Waals surface area contributed by atoms with Crippen LogP contribution in [0.1, 0.15) is 19.4 Å². The molecule has 1 aromatic rings. The number of allylic oxidation sites excluding steroid dienone is 7. The van der Waals surface area contributed by atoms with E-state index in [0.717, 1.165) is 23.0 Å². The molecule has 0 atom stereocenters. The molecule has 1 aliphatic carbocycles. The number of nitro groups is 1. The van der Waals surface area contributed by atoms with Crippen molar-refractivity contribution in [3.63, 3.8) is 0 Å². The number of fused-ring (bicyclic) bond motifs is 1. The Kier molecular flexibility index (Phi) is 4.61. The van der Waals surface area contributed by atoms with Crippen molar-refractivity contribution < 1.29 is 14.8 Å². The maximum atomic E-state index is 12.1. The highest BCUT2D eigenvalue weighted by Crippen LogP contribution is 2.47. The minimum absolute atomic E-state index is 0.00604. The highest BCUT2D eigenvalue weighted by molar-refractivity contribution is 6.08. The summed E-state index contributed by atoms with van der Waals surface area (Å²) < 4.78 is 0. The molecule has 1 aromatic carbocycles. The number of aliphatic hydroxyl groups is 1. The fourth-order valence-corrected chi connectivity index (χ4v) is 3.42. The van der Waals surface area contributed by atoms with Crippen LogP contribution in [-0.2, 0) is 10.2 Å². The van der Waals surface area contributed by atoms with Crippen molar-refractivity contribution in [2.24, 2.45) is 0 Å². The van der Waals surface area contributed by atoms with Gasteiger partial charge in [-0.25, -0.2) is 0 Å². The molecule has 134 valence electrons. The highest BCUT2D eigenvalue weighted by atomic mass is 16.6. The zero-order valence-electron chi connectivity index (χ0n) is 14.7. The summed E-state index contributed by atoms with van der Waals surface area (Å²) in [5, 5.41) is 20.2. The number of ketones is 1. The van der Waals surface area contributed by atoms with E-state index in [-0.39, 0.29) is 17.7 Å². The number of carbonyl (C=O) groups excluding carboxylic acids is 1. The third kappa shape index (κ3) is 2.99. The van der Waals surface area contributed by atoms with Gasteiger partial charge in [0, 0.05) is 35.0 Å². The van der Waals surface area contributed by atoms with Crippen LogP contribution in [0.2, 0.25) is 0 Å². The molecule has 0 spiro atoms. The lowest BCUT2D eigenvalue weighted by molar-refractivity contribution is -0.419. The molecule has 0 unspecified atom stereocenters. The average molecular weight is 352 g/mol. The number of nitrogens with zero attached hydrogens (tertiary/aromatic N) is 2. The molecule has 0 saturated carbocycles. The van der Waals surface area contributed by atoms with Crippen molar-refractivity contribution in [3.05, 3.63) is 87.3 Å². The Balaban J connectivity index is 1.99. The molecule has 26 heavy (non-hydrogen) atoms. The third-order valence-electron chi connectivity index (χ3n) is 4.75. The van der Waals surface area contributed by atoms with Crippen molar-refractivity contribution in [1.29, 1.82) is 0 Å². The molecular weight excluding hydrogens is 332 g/mol. The van der Waals surface area contributed by atoms with Crippen LogP contribution in [0.5, 0.6) is 0 Å². The number of β-amino-alcohol motifs (C(OH)–C–C–N with tert-alkyl or cyclic N) is 1. The van der Waals surface area contributed by atoms with E-state index < -0.39 is 10.7 Å². The molecule has 0 amide bonds. The lowest BCUT2D eigenvalue weighted by atomic mass is 9.83. The molecule has 1 N–H and O–H groups in total. The topological polar surface area (TPSA) is 83.7 Å². The first-order valence-electron chi connectivity index (χ1n) is 8.35. The summed E-state index contributed by atoms with van der Waals surface area (Å²) >= 11 is 0. The Morgan fingerprint density at radius 2 is 1.96 bits per heavy atom. The van der Waals surface area contributed by atoms with Gasteiger partial charge in [-0.2, -0.15) is 0 Å². The zero-order chi connectivity index (χ0) is 18.9. The van der Waals surface area contributed by atoms with E-state index in [0.29, 0.717) is 12.1 Å². The summed E-state index contributed by atoms with van der Waals surface area (Å²) in [6.45, 7) is 4.64. The van der Waals surface area contributed by atoms with Crippen molar-refractivity contribution in [2.75, 3.05) is 18.1 Å². The Morgan fingerprint density at radius 3 is 2.62 bits per heavy atom. The number of hydrogen-bond donors (Lipinski definition) is 1. The molecule has 3 rings (SSSR count).